The second-order valence-corrected chi connectivity index (χ2v) is 11.4. The lowest BCUT2D eigenvalue weighted by atomic mass is 9.95. The topological polar surface area (TPSA) is 87.7 Å². The Morgan fingerprint density at radius 2 is 1.62 bits per heavy atom. The number of benzene rings is 1. The average Bonchev–Trinajstić information content (AvgIpc) is 2.66. The van der Waals surface area contributed by atoms with Gasteiger partial charge in [0.25, 0.3) is 0 Å². The first-order valence-electron chi connectivity index (χ1n) is 12.2. The fraction of sp³-hybridized carbons (Fsp3) is 0.667. The van der Waals surface area contributed by atoms with Crippen LogP contribution in [0.5, 0.6) is 0 Å². The van der Waals surface area contributed by atoms with Crippen molar-refractivity contribution >= 4 is 17.9 Å². The Hall–Kier alpha value is -2.57. The molecule has 0 heterocycles. The van der Waals surface area contributed by atoms with Crippen molar-refractivity contribution < 1.29 is 19.1 Å². The van der Waals surface area contributed by atoms with Crippen LogP contribution in [0.15, 0.2) is 24.3 Å². The minimum Gasteiger partial charge on any atom is -0.444 e. The van der Waals surface area contributed by atoms with E-state index in [2.05, 4.69) is 10.6 Å². The molecule has 1 aromatic carbocycles. The van der Waals surface area contributed by atoms with E-state index in [1.807, 2.05) is 79.7 Å². The first kappa shape index (κ1) is 29.5. The summed E-state index contributed by atoms with van der Waals surface area (Å²) in [7, 11) is 0. The number of aryl methyl sites for hydroxylation is 1. The number of carbonyl (C=O) groups excluding carboxylic acids is 3. The molecule has 0 aromatic heterocycles. The SMILES string of the molecule is CCC(C)N(C(=O)C(NC(=O)OC(C)(C)C)C(C)C)C(C(=O)NC(C)(C)C)c1cccc(C)c1. The maximum absolute atomic E-state index is 14.0. The van der Waals surface area contributed by atoms with Gasteiger partial charge in [0.05, 0.1) is 0 Å². The molecule has 0 spiro atoms. The smallest absolute Gasteiger partial charge is 0.408 e. The summed E-state index contributed by atoms with van der Waals surface area (Å²) in [6, 6.07) is 5.71. The largest absolute Gasteiger partial charge is 0.444 e. The summed E-state index contributed by atoms with van der Waals surface area (Å²) in [6.45, 7) is 20.6. The third kappa shape index (κ3) is 8.99. The Bertz CT molecular complexity index is 852. The van der Waals surface area contributed by atoms with Gasteiger partial charge in [-0.2, -0.15) is 0 Å². The third-order valence-electron chi connectivity index (χ3n) is 5.31. The first-order valence-corrected chi connectivity index (χ1v) is 12.2. The van der Waals surface area contributed by atoms with Gasteiger partial charge >= 0.3 is 6.09 Å². The fourth-order valence-corrected chi connectivity index (χ4v) is 3.62. The van der Waals surface area contributed by atoms with Crippen LogP contribution < -0.4 is 10.6 Å². The molecule has 0 fully saturated rings. The molecule has 0 aliphatic heterocycles. The van der Waals surface area contributed by atoms with Crippen LogP contribution in [0.1, 0.15) is 92.8 Å². The number of carbonyl (C=O) groups is 3. The lowest BCUT2D eigenvalue weighted by molar-refractivity contribution is -0.146. The molecular weight excluding hydrogens is 430 g/mol. The molecule has 0 radical (unpaired) electrons. The average molecular weight is 476 g/mol. The van der Waals surface area contributed by atoms with Gasteiger partial charge in [-0.05, 0) is 73.3 Å². The van der Waals surface area contributed by atoms with Crippen LogP contribution in [0, 0.1) is 12.8 Å². The molecule has 192 valence electrons. The third-order valence-corrected chi connectivity index (χ3v) is 5.31. The van der Waals surface area contributed by atoms with Crippen molar-refractivity contribution in [3.8, 4) is 0 Å². The molecular formula is C27H45N3O4. The minimum absolute atomic E-state index is 0.213. The maximum Gasteiger partial charge on any atom is 0.408 e. The first-order chi connectivity index (χ1) is 15.5. The predicted octanol–water partition coefficient (Wildman–Crippen LogP) is 5.13. The number of nitrogens with one attached hydrogen (secondary N) is 2. The summed E-state index contributed by atoms with van der Waals surface area (Å²) in [5.74, 6) is -0.785. The Morgan fingerprint density at radius 1 is 1.03 bits per heavy atom. The Kier molecular flexibility index (Phi) is 10.2. The summed E-state index contributed by atoms with van der Waals surface area (Å²) in [4.78, 5) is 41.8. The molecule has 0 saturated carbocycles. The highest BCUT2D eigenvalue weighted by atomic mass is 16.6. The van der Waals surface area contributed by atoms with Crippen molar-refractivity contribution in [1.82, 2.24) is 15.5 Å². The zero-order valence-electron chi connectivity index (χ0n) is 22.9. The quantitative estimate of drug-likeness (QED) is 0.546. The van der Waals surface area contributed by atoms with Crippen LogP contribution in [0.3, 0.4) is 0 Å². The number of hydrogen-bond acceptors (Lipinski definition) is 4. The maximum atomic E-state index is 14.0. The van der Waals surface area contributed by atoms with Crippen LogP contribution in [-0.2, 0) is 14.3 Å². The zero-order valence-corrected chi connectivity index (χ0v) is 22.9. The molecule has 7 heteroatoms. The van der Waals surface area contributed by atoms with Gasteiger partial charge in [0.2, 0.25) is 11.8 Å². The van der Waals surface area contributed by atoms with Crippen LogP contribution in [0.4, 0.5) is 4.79 Å². The highest BCUT2D eigenvalue weighted by molar-refractivity contribution is 5.92. The molecule has 3 atom stereocenters. The number of nitrogens with zero attached hydrogens (tertiary/aromatic N) is 1. The van der Waals surface area contributed by atoms with Crippen molar-refractivity contribution in [3.05, 3.63) is 35.4 Å². The van der Waals surface area contributed by atoms with Gasteiger partial charge in [-0.15, -0.1) is 0 Å². The normalized spacial score (nSPS) is 14.7. The summed E-state index contributed by atoms with van der Waals surface area (Å²) in [5.41, 5.74) is 0.558. The Morgan fingerprint density at radius 3 is 2.06 bits per heavy atom. The van der Waals surface area contributed by atoms with Crippen LogP contribution in [0.25, 0.3) is 0 Å². The van der Waals surface area contributed by atoms with Gasteiger partial charge in [-0.1, -0.05) is 50.6 Å². The van der Waals surface area contributed by atoms with E-state index >= 15 is 0 Å². The second kappa shape index (κ2) is 11.7. The van der Waals surface area contributed by atoms with Gasteiger partial charge in [-0.3, -0.25) is 9.59 Å². The summed E-state index contributed by atoms with van der Waals surface area (Å²) in [6.07, 6.45) is -0.0106. The van der Waals surface area contributed by atoms with E-state index in [0.717, 1.165) is 11.1 Å². The van der Waals surface area contributed by atoms with E-state index in [4.69, 9.17) is 4.74 Å². The Labute approximate surface area is 206 Å². The van der Waals surface area contributed by atoms with Crippen LogP contribution in [-0.4, -0.2) is 46.0 Å². The molecule has 0 bridgehead atoms. The molecule has 1 aromatic rings. The molecule has 1 rings (SSSR count). The number of amides is 3. The van der Waals surface area contributed by atoms with Gasteiger partial charge in [0.1, 0.15) is 17.7 Å². The molecule has 2 N–H and O–H groups in total. The van der Waals surface area contributed by atoms with Crippen molar-refractivity contribution in [3.63, 3.8) is 0 Å². The van der Waals surface area contributed by atoms with Crippen molar-refractivity contribution in [1.29, 1.82) is 0 Å². The number of alkyl carbamates (subject to hydrolysis) is 1. The second-order valence-electron chi connectivity index (χ2n) is 11.4. The summed E-state index contributed by atoms with van der Waals surface area (Å²) in [5, 5.41) is 5.80. The van der Waals surface area contributed by atoms with Crippen molar-refractivity contribution in [2.75, 3.05) is 0 Å². The molecule has 0 aliphatic carbocycles. The van der Waals surface area contributed by atoms with Crippen LogP contribution in [0.2, 0.25) is 0 Å². The highest BCUT2D eigenvalue weighted by Crippen LogP contribution is 2.28. The molecule has 0 aliphatic rings. The van der Waals surface area contributed by atoms with E-state index in [1.54, 1.807) is 25.7 Å². The molecule has 3 unspecified atom stereocenters. The summed E-state index contributed by atoms with van der Waals surface area (Å²) >= 11 is 0. The predicted molar refractivity (Wildman–Crippen MR) is 136 cm³/mol. The Balaban J connectivity index is 3.54. The van der Waals surface area contributed by atoms with E-state index < -0.39 is 29.3 Å². The number of rotatable bonds is 8. The molecule has 34 heavy (non-hydrogen) atoms. The fourth-order valence-electron chi connectivity index (χ4n) is 3.62. The van der Waals surface area contributed by atoms with Crippen LogP contribution >= 0.6 is 0 Å². The van der Waals surface area contributed by atoms with Crippen molar-refractivity contribution in [2.45, 2.75) is 112 Å². The van der Waals surface area contributed by atoms with Gasteiger partial charge in [0, 0.05) is 11.6 Å². The molecule has 7 nitrogen and oxygen atoms in total. The van der Waals surface area contributed by atoms with Gasteiger partial charge in [-0.25, -0.2) is 4.79 Å². The van der Waals surface area contributed by atoms with Gasteiger partial charge in [0.15, 0.2) is 0 Å². The lowest BCUT2D eigenvalue weighted by Crippen LogP contribution is -2.58. The monoisotopic (exact) mass is 475 g/mol. The standard InChI is InChI=1S/C27H45N3O4/c1-12-19(5)30(24(32)21(17(2)3)28-25(33)34-27(9,10)11)22(23(31)29-26(6,7)8)20-15-13-14-18(4)16-20/h13-17,19,21-22H,12H2,1-11H3,(H,28,33)(H,29,31). The lowest BCUT2D eigenvalue weighted by Gasteiger charge is -2.40. The van der Waals surface area contributed by atoms with E-state index in [1.165, 1.54) is 0 Å². The van der Waals surface area contributed by atoms with E-state index in [0.29, 0.717) is 6.42 Å². The highest BCUT2D eigenvalue weighted by Gasteiger charge is 2.40. The minimum atomic E-state index is -0.849. The zero-order chi connectivity index (χ0) is 26.4. The van der Waals surface area contributed by atoms with E-state index in [-0.39, 0.29) is 23.8 Å². The van der Waals surface area contributed by atoms with Gasteiger partial charge < -0.3 is 20.3 Å². The molecule has 0 saturated heterocycles. The summed E-state index contributed by atoms with van der Waals surface area (Å²) < 4.78 is 5.41. The van der Waals surface area contributed by atoms with E-state index in [9.17, 15) is 14.4 Å². The molecule has 3 amide bonds. The number of hydrogen-bond donors (Lipinski definition) is 2. The van der Waals surface area contributed by atoms with Crippen molar-refractivity contribution in [2.24, 2.45) is 5.92 Å². The number of ether oxygens (including phenoxy) is 1.